The van der Waals surface area contributed by atoms with E-state index in [1.807, 2.05) is 30.6 Å². The third-order valence-electron chi connectivity index (χ3n) is 2.04. The van der Waals surface area contributed by atoms with Crippen LogP contribution in [0.5, 0.6) is 0 Å². The van der Waals surface area contributed by atoms with Gasteiger partial charge in [-0.15, -0.1) is 10.2 Å². The summed E-state index contributed by atoms with van der Waals surface area (Å²) >= 11 is 0. The van der Waals surface area contributed by atoms with Crippen molar-refractivity contribution in [2.45, 2.75) is 12.6 Å². The number of nitrogens with zero attached hydrogens (tertiary/aromatic N) is 4. The highest BCUT2D eigenvalue weighted by Gasteiger charge is 2.05. The van der Waals surface area contributed by atoms with E-state index in [1.165, 1.54) is 0 Å². The highest BCUT2D eigenvalue weighted by molar-refractivity contribution is 4.83. The molecule has 1 aromatic heterocycles. The number of rotatable bonds is 6. The molecule has 0 aromatic carbocycles. The SMILES string of the molecule is CN(C)CC(O)CNCc1nncn1C. The van der Waals surface area contributed by atoms with Gasteiger partial charge in [0.15, 0.2) is 0 Å². The summed E-state index contributed by atoms with van der Waals surface area (Å²) < 4.78 is 1.85. The molecular formula is C9H19N5O. The second-order valence-electron chi connectivity index (χ2n) is 3.91. The Kier molecular flexibility index (Phi) is 4.67. The van der Waals surface area contributed by atoms with Crippen LogP contribution in [0.15, 0.2) is 6.33 Å². The van der Waals surface area contributed by atoms with Crippen molar-refractivity contribution in [3.63, 3.8) is 0 Å². The van der Waals surface area contributed by atoms with E-state index in [0.717, 1.165) is 5.82 Å². The fourth-order valence-electron chi connectivity index (χ4n) is 1.30. The molecule has 15 heavy (non-hydrogen) atoms. The van der Waals surface area contributed by atoms with Crippen LogP contribution >= 0.6 is 0 Å². The second kappa shape index (κ2) is 5.79. The maximum atomic E-state index is 9.57. The number of hydrogen-bond donors (Lipinski definition) is 2. The molecule has 1 unspecified atom stereocenters. The number of nitrogens with one attached hydrogen (secondary N) is 1. The van der Waals surface area contributed by atoms with Crippen molar-refractivity contribution < 1.29 is 5.11 Å². The minimum atomic E-state index is -0.353. The molecule has 0 fully saturated rings. The number of aliphatic hydroxyl groups is 1. The summed E-state index contributed by atoms with van der Waals surface area (Å²) in [6.45, 7) is 1.85. The summed E-state index contributed by atoms with van der Waals surface area (Å²) in [5.74, 6) is 0.868. The van der Waals surface area contributed by atoms with Crippen molar-refractivity contribution in [3.8, 4) is 0 Å². The highest BCUT2D eigenvalue weighted by atomic mass is 16.3. The average molecular weight is 213 g/mol. The van der Waals surface area contributed by atoms with Gasteiger partial charge in [-0.2, -0.15) is 0 Å². The monoisotopic (exact) mass is 213 g/mol. The number of aryl methyl sites for hydroxylation is 1. The van der Waals surface area contributed by atoms with E-state index in [9.17, 15) is 5.11 Å². The molecule has 6 heteroatoms. The number of hydrogen-bond acceptors (Lipinski definition) is 5. The number of aliphatic hydroxyl groups excluding tert-OH is 1. The first kappa shape index (κ1) is 12.1. The molecule has 0 bridgehead atoms. The molecule has 0 saturated heterocycles. The first-order valence-electron chi connectivity index (χ1n) is 4.96. The summed E-state index contributed by atoms with van der Waals surface area (Å²) in [5, 5.41) is 20.4. The van der Waals surface area contributed by atoms with Gasteiger partial charge in [-0.25, -0.2) is 0 Å². The van der Waals surface area contributed by atoms with Gasteiger partial charge in [0, 0.05) is 20.1 Å². The summed E-state index contributed by atoms with van der Waals surface area (Å²) in [6.07, 6.45) is 1.31. The molecular weight excluding hydrogens is 194 g/mol. The summed E-state index contributed by atoms with van der Waals surface area (Å²) in [5.41, 5.74) is 0. The normalized spacial score (nSPS) is 13.4. The maximum absolute atomic E-state index is 9.57. The lowest BCUT2D eigenvalue weighted by molar-refractivity contribution is 0.134. The lowest BCUT2D eigenvalue weighted by Gasteiger charge is -2.16. The zero-order valence-corrected chi connectivity index (χ0v) is 9.51. The van der Waals surface area contributed by atoms with E-state index in [1.54, 1.807) is 6.33 Å². The summed E-state index contributed by atoms with van der Waals surface area (Å²) in [7, 11) is 5.77. The Bertz CT molecular complexity index is 286. The third-order valence-corrected chi connectivity index (χ3v) is 2.04. The summed E-state index contributed by atoms with van der Waals surface area (Å²) in [4.78, 5) is 1.95. The van der Waals surface area contributed by atoms with Crippen LogP contribution in [0.1, 0.15) is 5.82 Å². The van der Waals surface area contributed by atoms with Crippen LogP contribution in [0.2, 0.25) is 0 Å². The van der Waals surface area contributed by atoms with E-state index in [4.69, 9.17) is 0 Å². The van der Waals surface area contributed by atoms with Crippen LogP contribution in [-0.4, -0.2) is 58.1 Å². The fraction of sp³-hybridized carbons (Fsp3) is 0.778. The van der Waals surface area contributed by atoms with Gasteiger partial charge in [0.25, 0.3) is 0 Å². The maximum Gasteiger partial charge on any atom is 0.146 e. The highest BCUT2D eigenvalue weighted by Crippen LogP contribution is 1.91. The second-order valence-corrected chi connectivity index (χ2v) is 3.91. The number of aromatic nitrogens is 3. The largest absolute Gasteiger partial charge is 0.390 e. The fourth-order valence-corrected chi connectivity index (χ4v) is 1.30. The van der Waals surface area contributed by atoms with Gasteiger partial charge < -0.3 is 19.9 Å². The first-order valence-corrected chi connectivity index (χ1v) is 4.96. The molecule has 0 saturated carbocycles. The minimum absolute atomic E-state index is 0.353. The van der Waals surface area contributed by atoms with Gasteiger partial charge in [-0.1, -0.05) is 0 Å². The van der Waals surface area contributed by atoms with Crippen LogP contribution in [0.3, 0.4) is 0 Å². The molecule has 1 rings (SSSR count). The predicted molar refractivity (Wildman–Crippen MR) is 57.3 cm³/mol. The molecule has 6 nitrogen and oxygen atoms in total. The summed E-state index contributed by atoms with van der Waals surface area (Å²) in [6, 6.07) is 0. The van der Waals surface area contributed by atoms with Crippen LogP contribution in [0.4, 0.5) is 0 Å². The van der Waals surface area contributed by atoms with Gasteiger partial charge >= 0.3 is 0 Å². The third kappa shape index (κ3) is 4.37. The van der Waals surface area contributed by atoms with Crippen molar-refractivity contribution in [2.24, 2.45) is 7.05 Å². The van der Waals surface area contributed by atoms with Crippen LogP contribution in [-0.2, 0) is 13.6 Å². The van der Waals surface area contributed by atoms with E-state index < -0.39 is 0 Å². The zero-order valence-electron chi connectivity index (χ0n) is 9.51. The Morgan fingerprint density at radius 1 is 1.60 bits per heavy atom. The molecule has 1 heterocycles. The molecule has 1 atom stereocenters. The molecule has 1 aromatic rings. The minimum Gasteiger partial charge on any atom is -0.390 e. The van der Waals surface area contributed by atoms with Crippen LogP contribution in [0.25, 0.3) is 0 Å². The Hall–Kier alpha value is -0.980. The van der Waals surface area contributed by atoms with Gasteiger partial charge in [0.05, 0.1) is 12.6 Å². The van der Waals surface area contributed by atoms with Crippen molar-refractivity contribution in [1.29, 1.82) is 0 Å². The molecule has 0 spiro atoms. The molecule has 0 amide bonds. The van der Waals surface area contributed by atoms with Crippen molar-refractivity contribution >= 4 is 0 Å². The topological polar surface area (TPSA) is 66.2 Å². The standard InChI is InChI=1S/C9H19N5O/c1-13(2)6-8(15)4-10-5-9-12-11-7-14(9)3/h7-8,10,15H,4-6H2,1-3H3. The molecule has 2 N–H and O–H groups in total. The Labute approximate surface area is 89.9 Å². The van der Waals surface area contributed by atoms with E-state index >= 15 is 0 Å². The van der Waals surface area contributed by atoms with Gasteiger partial charge in [0.2, 0.25) is 0 Å². The quantitative estimate of drug-likeness (QED) is 0.623. The van der Waals surface area contributed by atoms with Crippen molar-refractivity contribution in [3.05, 3.63) is 12.2 Å². The van der Waals surface area contributed by atoms with Crippen LogP contribution in [0, 0.1) is 0 Å². The Morgan fingerprint density at radius 3 is 2.87 bits per heavy atom. The van der Waals surface area contributed by atoms with E-state index in [-0.39, 0.29) is 6.10 Å². The number of likely N-dealkylation sites (N-methyl/N-ethyl adjacent to an activating group) is 1. The Morgan fingerprint density at radius 2 is 2.33 bits per heavy atom. The molecule has 86 valence electrons. The molecule has 0 aliphatic rings. The van der Waals surface area contributed by atoms with E-state index in [2.05, 4.69) is 15.5 Å². The van der Waals surface area contributed by atoms with Gasteiger partial charge in [-0.3, -0.25) is 0 Å². The van der Waals surface area contributed by atoms with Crippen molar-refractivity contribution in [2.75, 3.05) is 27.2 Å². The molecule has 0 aliphatic carbocycles. The lowest BCUT2D eigenvalue weighted by Crippen LogP contribution is -2.35. The molecule has 0 radical (unpaired) electrons. The van der Waals surface area contributed by atoms with Crippen LogP contribution < -0.4 is 5.32 Å². The van der Waals surface area contributed by atoms with Crippen molar-refractivity contribution in [1.82, 2.24) is 25.0 Å². The first-order chi connectivity index (χ1) is 7.09. The van der Waals surface area contributed by atoms with Gasteiger partial charge in [0.1, 0.15) is 12.2 Å². The van der Waals surface area contributed by atoms with Gasteiger partial charge in [-0.05, 0) is 14.1 Å². The smallest absolute Gasteiger partial charge is 0.146 e. The average Bonchev–Trinajstić information content (AvgIpc) is 2.50. The zero-order chi connectivity index (χ0) is 11.3. The predicted octanol–water partition coefficient (Wildman–Crippen LogP) is -1.17. The lowest BCUT2D eigenvalue weighted by atomic mass is 10.3. The molecule has 0 aliphatic heterocycles. The van der Waals surface area contributed by atoms with E-state index in [0.29, 0.717) is 19.6 Å². The Balaban J connectivity index is 2.19.